The van der Waals surface area contributed by atoms with Gasteiger partial charge >= 0.3 is 0 Å². The molecular formula is C29H25FN3O2. The van der Waals surface area contributed by atoms with E-state index in [1.165, 1.54) is 12.1 Å². The largest absolute Gasteiger partial charge is 0.346 e. The van der Waals surface area contributed by atoms with Gasteiger partial charge in [0.25, 0.3) is 5.91 Å². The second kappa shape index (κ2) is 9.74. The van der Waals surface area contributed by atoms with Crippen molar-refractivity contribution in [3.8, 4) is 11.3 Å². The van der Waals surface area contributed by atoms with Crippen molar-refractivity contribution in [3.63, 3.8) is 0 Å². The van der Waals surface area contributed by atoms with Gasteiger partial charge in [0.1, 0.15) is 5.82 Å². The lowest BCUT2D eigenvalue weighted by atomic mass is 9.73. The Morgan fingerprint density at radius 1 is 1.03 bits per heavy atom. The highest BCUT2D eigenvalue weighted by Gasteiger charge is 2.30. The van der Waals surface area contributed by atoms with Crippen molar-refractivity contribution in [1.82, 2.24) is 15.3 Å². The average molecular weight is 467 g/mol. The first-order valence-electron chi connectivity index (χ1n) is 11.8. The van der Waals surface area contributed by atoms with Gasteiger partial charge < -0.3 is 5.32 Å². The molecule has 175 valence electrons. The van der Waals surface area contributed by atoms with Gasteiger partial charge in [-0.05, 0) is 68.0 Å². The molecule has 0 bridgehead atoms. The number of hydrogen-bond donors (Lipinski definition) is 1. The summed E-state index contributed by atoms with van der Waals surface area (Å²) in [4.78, 5) is 33.7. The van der Waals surface area contributed by atoms with Crippen LogP contribution in [0.1, 0.15) is 47.4 Å². The smallest absolute Gasteiger partial charge is 0.251 e. The molecule has 1 amide bonds. The molecule has 0 saturated heterocycles. The molecule has 0 aliphatic heterocycles. The van der Waals surface area contributed by atoms with Gasteiger partial charge in [0.15, 0.2) is 0 Å². The SMILES string of the molecule is C[C@@H](NC(=O)c1ccc2nc(-c3ccccc3)c(CC3CC([C]=O)C3)nc2c1)c1ccc(F)cc1. The Hall–Kier alpha value is -3.93. The van der Waals surface area contributed by atoms with E-state index in [0.29, 0.717) is 22.5 Å². The fourth-order valence-electron chi connectivity index (χ4n) is 4.59. The van der Waals surface area contributed by atoms with Gasteiger partial charge in [-0.25, -0.2) is 14.4 Å². The lowest BCUT2D eigenvalue weighted by Gasteiger charge is -2.31. The highest BCUT2D eigenvalue weighted by atomic mass is 19.1. The first kappa shape index (κ1) is 22.8. The van der Waals surface area contributed by atoms with E-state index in [1.54, 1.807) is 24.3 Å². The molecule has 1 saturated carbocycles. The van der Waals surface area contributed by atoms with Crippen LogP contribution in [0.15, 0.2) is 72.8 Å². The highest BCUT2D eigenvalue weighted by Crippen LogP contribution is 2.36. The average Bonchev–Trinajstić information content (AvgIpc) is 2.86. The van der Waals surface area contributed by atoms with Crippen LogP contribution in [0.25, 0.3) is 22.3 Å². The summed E-state index contributed by atoms with van der Waals surface area (Å²) in [5.74, 6) is -0.152. The van der Waals surface area contributed by atoms with Crippen LogP contribution in [0, 0.1) is 17.7 Å². The first-order chi connectivity index (χ1) is 17.0. The monoisotopic (exact) mass is 466 g/mol. The maximum atomic E-state index is 13.2. The van der Waals surface area contributed by atoms with E-state index in [-0.39, 0.29) is 23.7 Å². The normalized spacial score (nSPS) is 18.0. The quantitative estimate of drug-likeness (QED) is 0.385. The fourth-order valence-corrected chi connectivity index (χ4v) is 4.59. The second-order valence-corrected chi connectivity index (χ2v) is 9.19. The number of carbonyl (C=O) groups is 1. The zero-order chi connectivity index (χ0) is 24.4. The summed E-state index contributed by atoms with van der Waals surface area (Å²) in [5, 5.41) is 2.96. The number of halogens is 1. The number of aromatic nitrogens is 2. The number of carbonyl (C=O) groups excluding carboxylic acids is 2. The summed E-state index contributed by atoms with van der Waals surface area (Å²) in [6, 6.07) is 21.1. The van der Waals surface area contributed by atoms with E-state index in [1.807, 2.05) is 43.3 Å². The molecule has 4 aromatic rings. The molecule has 0 unspecified atom stereocenters. The van der Waals surface area contributed by atoms with Crippen molar-refractivity contribution in [2.24, 2.45) is 11.8 Å². The zero-order valence-corrected chi connectivity index (χ0v) is 19.4. The van der Waals surface area contributed by atoms with Gasteiger partial charge in [0.2, 0.25) is 6.29 Å². The Morgan fingerprint density at radius 3 is 2.49 bits per heavy atom. The number of benzene rings is 3. The minimum atomic E-state index is -0.312. The number of nitrogens with zero attached hydrogens (tertiary/aromatic N) is 2. The minimum Gasteiger partial charge on any atom is -0.346 e. The van der Waals surface area contributed by atoms with Crippen molar-refractivity contribution in [2.75, 3.05) is 0 Å². The van der Waals surface area contributed by atoms with Crippen molar-refractivity contribution < 1.29 is 14.0 Å². The van der Waals surface area contributed by atoms with E-state index < -0.39 is 0 Å². The summed E-state index contributed by atoms with van der Waals surface area (Å²) < 4.78 is 13.2. The molecule has 1 N–H and O–H groups in total. The summed E-state index contributed by atoms with van der Waals surface area (Å²) in [6.07, 6.45) is 4.46. The number of fused-ring (bicyclic) bond motifs is 1. The minimum absolute atomic E-state index is 0.0204. The third kappa shape index (κ3) is 4.97. The van der Waals surface area contributed by atoms with Gasteiger partial charge in [-0.15, -0.1) is 0 Å². The van der Waals surface area contributed by atoms with Gasteiger partial charge in [0, 0.05) is 17.0 Å². The standard InChI is InChI=1S/C29H25FN3O2/c1-18(21-7-10-24(30)11-8-21)31-29(35)23-9-12-25-26(16-23)32-27(15-19-13-20(14-19)17-34)28(33-25)22-5-3-2-4-6-22/h2-12,16,18-20H,13-15H2,1H3,(H,31,35)/t18-,19?,20?/m1/s1. The Kier molecular flexibility index (Phi) is 6.36. The molecule has 1 aliphatic rings. The van der Waals surface area contributed by atoms with Crippen LogP contribution >= 0.6 is 0 Å². The Morgan fingerprint density at radius 2 is 1.77 bits per heavy atom. The highest BCUT2D eigenvalue weighted by molar-refractivity contribution is 5.97. The van der Waals surface area contributed by atoms with Crippen LogP contribution in [0.3, 0.4) is 0 Å². The molecule has 35 heavy (non-hydrogen) atoms. The Bertz CT molecular complexity index is 1370. The molecular weight excluding hydrogens is 441 g/mol. The molecule has 1 fully saturated rings. The van der Waals surface area contributed by atoms with Crippen LogP contribution in [0.5, 0.6) is 0 Å². The second-order valence-electron chi connectivity index (χ2n) is 9.19. The van der Waals surface area contributed by atoms with Gasteiger partial charge in [-0.3, -0.25) is 9.59 Å². The number of rotatable bonds is 7. The molecule has 6 heteroatoms. The topological polar surface area (TPSA) is 72.0 Å². The Labute approximate surface area is 203 Å². The molecule has 3 aromatic carbocycles. The lowest BCUT2D eigenvalue weighted by Crippen LogP contribution is -2.27. The molecule has 1 aromatic heterocycles. The summed E-state index contributed by atoms with van der Waals surface area (Å²) in [5.41, 5.74) is 5.36. The van der Waals surface area contributed by atoms with Crippen LogP contribution < -0.4 is 5.32 Å². The van der Waals surface area contributed by atoms with E-state index in [0.717, 1.165) is 41.8 Å². The molecule has 5 nitrogen and oxygen atoms in total. The van der Waals surface area contributed by atoms with Crippen molar-refractivity contribution >= 4 is 23.2 Å². The molecule has 0 spiro atoms. The van der Waals surface area contributed by atoms with Gasteiger partial charge in [-0.1, -0.05) is 42.5 Å². The predicted molar refractivity (Wildman–Crippen MR) is 133 cm³/mol. The van der Waals surface area contributed by atoms with Gasteiger partial charge in [-0.2, -0.15) is 0 Å². The number of amides is 1. The maximum Gasteiger partial charge on any atom is 0.251 e. The lowest BCUT2D eigenvalue weighted by molar-refractivity contribution is 0.0940. The third-order valence-corrected chi connectivity index (χ3v) is 6.65. The van der Waals surface area contributed by atoms with Crippen LogP contribution in [0.4, 0.5) is 4.39 Å². The summed E-state index contributed by atoms with van der Waals surface area (Å²) in [6.45, 7) is 1.86. The van der Waals surface area contributed by atoms with Crippen molar-refractivity contribution in [3.05, 3.63) is 95.4 Å². The van der Waals surface area contributed by atoms with Crippen LogP contribution in [0.2, 0.25) is 0 Å². The van der Waals surface area contributed by atoms with E-state index in [9.17, 15) is 14.0 Å². The molecule has 5 rings (SSSR count). The number of nitrogens with one attached hydrogen (secondary N) is 1. The predicted octanol–water partition coefficient (Wildman–Crippen LogP) is 5.61. The summed E-state index contributed by atoms with van der Waals surface area (Å²) in [7, 11) is 0. The van der Waals surface area contributed by atoms with E-state index >= 15 is 0 Å². The van der Waals surface area contributed by atoms with Crippen molar-refractivity contribution in [1.29, 1.82) is 0 Å². The first-order valence-corrected chi connectivity index (χ1v) is 11.8. The molecule has 1 atom stereocenters. The third-order valence-electron chi connectivity index (χ3n) is 6.65. The van der Waals surface area contributed by atoms with Crippen LogP contribution in [-0.2, 0) is 11.2 Å². The molecule has 1 aliphatic carbocycles. The maximum absolute atomic E-state index is 13.2. The van der Waals surface area contributed by atoms with E-state index in [4.69, 9.17) is 9.97 Å². The summed E-state index contributed by atoms with van der Waals surface area (Å²) >= 11 is 0. The van der Waals surface area contributed by atoms with Crippen molar-refractivity contribution in [2.45, 2.75) is 32.2 Å². The zero-order valence-electron chi connectivity index (χ0n) is 19.4. The molecule has 1 radical (unpaired) electrons. The number of hydrogen-bond acceptors (Lipinski definition) is 4. The molecule has 1 heterocycles. The van der Waals surface area contributed by atoms with Gasteiger partial charge in [0.05, 0.1) is 28.5 Å². The Balaban J connectivity index is 1.44. The fraction of sp³-hybridized carbons (Fsp3) is 0.241. The van der Waals surface area contributed by atoms with E-state index in [2.05, 4.69) is 11.6 Å². The van der Waals surface area contributed by atoms with Crippen LogP contribution in [-0.4, -0.2) is 22.2 Å².